The molecule has 1 aliphatic rings. The van der Waals surface area contributed by atoms with Gasteiger partial charge in [0, 0.05) is 43.5 Å². The summed E-state index contributed by atoms with van der Waals surface area (Å²) in [4.78, 5) is 34.8. The molecule has 3 aromatic rings. The van der Waals surface area contributed by atoms with Gasteiger partial charge in [-0.1, -0.05) is 112 Å². The molecule has 332 valence electrons. The Kier molecular flexibility index (Phi) is 32.7. The topological polar surface area (TPSA) is 188 Å². The number of carboxylic acid groups (broad SMARTS) is 1. The number of carbonyl (C=O) groups is 2. The first-order valence-corrected chi connectivity index (χ1v) is 22.6. The van der Waals surface area contributed by atoms with Crippen molar-refractivity contribution in [2.24, 2.45) is 5.73 Å². The highest BCUT2D eigenvalue weighted by atomic mass is 16.4. The molecule has 7 N–H and O–H groups in total. The third-order valence-corrected chi connectivity index (χ3v) is 9.33. The zero-order valence-corrected chi connectivity index (χ0v) is 38.1. The van der Waals surface area contributed by atoms with E-state index in [4.69, 9.17) is 20.8 Å². The molecular formula is C44H83N11O3. The number of benzene rings is 1. The van der Waals surface area contributed by atoms with Gasteiger partial charge in [0.2, 0.25) is 11.9 Å². The Labute approximate surface area is 351 Å². The van der Waals surface area contributed by atoms with Crippen LogP contribution in [-0.2, 0) is 22.7 Å². The monoisotopic (exact) mass is 814 g/mol. The lowest BCUT2D eigenvalue weighted by Crippen LogP contribution is -2.43. The fourth-order valence-electron chi connectivity index (χ4n) is 6.15. The average Bonchev–Trinajstić information content (AvgIpc) is 3.73. The van der Waals surface area contributed by atoms with E-state index in [1.54, 1.807) is 4.90 Å². The number of fused-ring (bicyclic) bond motifs is 1. The lowest BCUT2D eigenvalue weighted by molar-refractivity contribution is -0.139. The molecule has 14 heteroatoms. The summed E-state index contributed by atoms with van der Waals surface area (Å²) in [6, 6.07) is 7.64. The molecule has 1 aliphatic heterocycles. The highest BCUT2D eigenvalue weighted by molar-refractivity contribution is 5.90. The molecule has 2 atom stereocenters. The Balaban J connectivity index is 0.00000266. The number of aromatic nitrogens is 5. The molecule has 2 unspecified atom stereocenters. The molecule has 3 heterocycles. The molecule has 0 radical (unpaired) electrons. The van der Waals surface area contributed by atoms with Crippen molar-refractivity contribution < 1.29 is 14.7 Å². The summed E-state index contributed by atoms with van der Waals surface area (Å²) in [5, 5.41) is 32.6. The number of amides is 1. The van der Waals surface area contributed by atoms with Crippen molar-refractivity contribution in [3.63, 3.8) is 0 Å². The lowest BCUT2D eigenvalue weighted by atomic mass is 10.0. The standard InChI is InChI=1S/C33H53N11O3.C5H12.3C2H6/c1-3-9-24(4-2)36-18-7-16-35-17-8-19-44-23-26(41-42-44)22-37-33-39-29-11-6-5-10-27(29)31(40-33)38-25-14-20-43(21-15-25)30(45)13-12-28(34)32(46)47;1-3-5-4-2;3*1-2/h5-6,10-11,23-25,28,35-36H,3-4,7-9,12-22,34H2,1-2H3,(H,46,47)(H2,37,38,39,40);3-5H2,1-2H3;3*1-2H3. The zero-order valence-electron chi connectivity index (χ0n) is 38.1. The van der Waals surface area contributed by atoms with Gasteiger partial charge in [-0.05, 0) is 76.7 Å². The van der Waals surface area contributed by atoms with Crippen molar-refractivity contribution in [3.8, 4) is 0 Å². The van der Waals surface area contributed by atoms with Crippen LogP contribution in [0.25, 0.3) is 10.9 Å². The molecule has 1 aromatic carbocycles. The van der Waals surface area contributed by atoms with E-state index < -0.39 is 12.0 Å². The maximum atomic E-state index is 12.6. The van der Waals surface area contributed by atoms with Crippen LogP contribution in [-0.4, -0.2) is 97.7 Å². The van der Waals surface area contributed by atoms with E-state index in [1.807, 2.05) is 76.7 Å². The van der Waals surface area contributed by atoms with Crippen molar-refractivity contribution in [1.82, 2.24) is 40.5 Å². The van der Waals surface area contributed by atoms with Crippen LogP contribution in [0.3, 0.4) is 0 Å². The molecule has 58 heavy (non-hydrogen) atoms. The number of aryl methyl sites for hydroxylation is 1. The summed E-state index contributed by atoms with van der Waals surface area (Å²) in [6.07, 6.45) is 13.6. The predicted molar refractivity (Wildman–Crippen MR) is 243 cm³/mol. The minimum absolute atomic E-state index is 0.0564. The van der Waals surface area contributed by atoms with Crippen molar-refractivity contribution in [1.29, 1.82) is 0 Å². The first-order chi connectivity index (χ1) is 28.3. The quantitative estimate of drug-likeness (QED) is 0.0504. The minimum atomic E-state index is -1.08. The number of hydrogen-bond acceptors (Lipinski definition) is 11. The Morgan fingerprint density at radius 1 is 0.879 bits per heavy atom. The van der Waals surface area contributed by atoms with Crippen LogP contribution in [0.2, 0.25) is 0 Å². The van der Waals surface area contributed by atoms with Crippen LogP contribution in [0, 0.1) is 0 Å². The van der Waals surface area contributed by atoms with E-state index in [2.05, 4.69) is 59.3 Å². The summed E-state index contributed by atoms with van der Waals surface area (Å²) in [6.45, 7) is 26.3. The Morgan fingerprint density at radius 2 is 1.55 bits per heavy atom. The number of nitrogens with one attached hydrogen (secondary N) is 4. The van der Waals surface area contributed by atoms with Gasteiger partial charge in [0.05, 0.1) is 18.3 Å². The van der Waals surface area contributed by atoms with Gasteiger partial charge in [-0.2, -0.15) is 4.98 Å². The fraction of sp³-hybridized carbons (Fsp3) is 0.727. The van der Waals surface area contributed by atoms with Gasteiger partial charge in [0.1, 0.15) is 17.6 Å². The summed E-state index contributed by atoms with van der Waals surface area (Å²) in [5.74, 6) is 0.105. The second kappa shape index (κ2) is 35.1. The third kappa shape index (κ3) is 22.3. The smallest absolute Gasteiger partial charge is 0.320 e. The first kappa shape index (κ1) is 54.1. The number of hydrogen-bond donors (Lipinski definition) is 6. The SMILES string of the molecule is CC.CC.CC.CCCC(CC)NCCCNCCCn1cc(CNc2nc(NC3CCN(C(=O)CCC(N)C(=O)O)CC3)c3ccccc3n2)nn1.CCCCC. The highest BCUT2D eigenvalue weighted by Crippen LogP contribution is 2.25. The Hall–Kier alpha value is -3.88. The number of carboxylic acids is 1. The van der Waals surface area contributed by atoms with E-state index in [1.165, 1.54) is 38.5 Å². The molecule has 2 aromatic heterocycles. The van der Waals surface area contributed by atoms with Gasteiger partial charge in [-0.25, -0.2) is 4.98 Å². The number of nitrogens with two attached hydrogens (primary N) is 1. The number of para-hydroxylation sites is 1. The Bertz CT molecular complexity index is 1450. The predicted octanol–water partition coefficient (Wildman–Crippen LogP) is 8.24. The van der Waals surface area contributed by atoms with Crippen LogP contribution in [0.5, 0.6) is 0 Å². The van der Waals surface area contributed by atoms with Crippen molar-refractivity contribution in [2.75, 3.05) is 43.4 Å². The largest absolute Gasteiger partial charge is 0.480 e. The molecule has 0 bridgehead atoms. The van der Waals surface area contributed by atoms with Gasteiger partial charge >= 0.3 is 5.97 Å². The summed E-state index contributed by atoms with van der Waals surface area (Å²) in [7, 11) is 0. The first-order valence-electron chi connectivity index (χ1n) is 22.6. The molecule has 1 saturated heterocycles. The van der Waals surface area contributed by atoms with Crippen molar-refractivity contribution >= 4 is 34.5 Å². The number of anilines is 2. The van der Waals surface area contributed by atoms with Crippen LogP contribution in [0.4, 0.5) is 11.8 Å². The number of aliphatic carboxylic acids is 1. The highest BCUT2D eigenvalue weighted by Gasteiger charge is 2.25. The maximum absolute atomic E-state index is 12.6. The second-order valence-electron chi connectivity index (χ2n) is 13.7. The number of likely N-dealkylation sites (tertiary alicyclic amines) is 1. The van der Waals surface area contributed by atoms with Gasteiger partial charge in [0.25, 0.3) is 0 Å². The van der Waals surface area contributed by atoms with Crippen molar-refractivity contribution in [3.05, 3.63) is 36.2 Å². The molecule has 1 amide bonds. The number of nitrogens with zero attached hydrogens (tertiary/aromatic N) is 6. The number of unbranched alkanes of at least 4 members (excludes halogenated alkanes) is 2. The average molecular weight is 814 g/mol. The normalized spacial score (nSPS) is 13.3. The molecule has 0 spiro atoms. The second-order valence-corrected chi connectivity index (χ2v) is 13.7. The van der Waals surface area contributed by atoms with Gasteiger partial charge < -0.3 is 37.0 Å². The lowest BCUT2D eigenvalue weighted by Gasteiger charge is -2.33. The zero-order chi connectivity index (χ0) is 43.6. The van der Waals surface area contributed by atoms with Crippen LogP contribution < -0.4 is 27.0 Å². The maximum Gasteiger partial charge on any atom is 0.320 e. The molecule has 1 fully saturated rings. The van der Waals surface area contributed by atoms with E-state index in [9.17, 15) is 9.59 Å². The molecular weight excluding hydrogens is 731 g/mol. The van der Waals surface area contributed by atoms with Crippen LogP contribution in [0.1, 0.15) is 152 Å². The number of carbonyl (C=O) groups excluding carboxylic acids is 1. The van der Waals surface area contributed by atoms with Crippen LogP contribution >= 0.6 is 0 Å². The van der Waals surface area contributed by atoms with Crippen molar-refractivity contribution in [2.45, 2.75) is 178 Å². The fourth-order valence-corrected chi connectivity index (χ4v) is 6.15. The molecule has 0 saturated carbocycles. The van der Waals surface area contributed by atoms with E-state index >= 15 is 0 Å². The Morgan fingerprint density at radius 3 is 2.17 bits per heavy atom. The van der Waals surface area contributed by atoms with Crippen LogP contribution in [0.15, 0.2) is 30.5 Å². The van der Waals surface area contributed by atoms with E-state index in [0.29, 0.717) is 31.6 Å². The summed E-state index contributed by atoms with van der Waals surface area (Å²) in [5.41, 5.74) is 7.20. The molecule has 4 rings (SSSR count). The van der Waals surface area contributed by atoms with Gasteiger partial charge in [-0.15, -0.1) is 5.10 Å². The minimum Gasteiger partial charge on any atom is -0.480 e. The van der Waals surface area contributed by atoms with E-state index in [-0.39, 0.29) is 24.8 Å². The number of rotatable bonds is 23. The van der Waals surface area contributed by atoms with Gasteiger partial charge in [0.15, 0.2) is 0 Å². The molecule has 0 aliphatic carbocycles. The third-order valence-electron chi connectivity index (χ3n) is 9.33. The summed E-state index contributed by atoms with van der Waals surface area (Å²) < 4.78 is 1.88. The molecule has 14 nitrogen and oxygen atoms in total. The van der Waals surface area contributed by atoms with Gasteiger partial charge in [-0.3, -0.25) is 14.3 Å². The number of piperidine rings is 1. The summed E-state index contributed by atoms with van der Waals surface area (Å²) >= 11 is 0. The van der Waals surface area contributed by atoms with E-state index in [0.717, 1.165) is 74.3 Å².